The van der Waals surface area contributed by atoms with Gasteiger partial charge in [0.15, 0.2) is 0 Å². The topological polar surface area (TPSA) is 49.9 Å². The van der Waals surface area contributed by atoms with Crippen LogP contribution < -0.4 is 4.74 Å². The molecule has 2 amide bonds. The molecular weight excluding hydrogens is 499 g/mol. The number of carbonyl (C=O) groups excluding carboxylic acids is 2. The van der Waals surface area contributed by atoms with Gasteiger partial charge in [0.25, 0.3) is 5.91 Å². The summed E-state index contributed by atoms with van der Waals surface area (Å²) in [6.07, 6.45) is 1.55. The first-order valence-electron chi connectivity index (χ1n) is 12.1. The molecule has 2 heterocycles. The molecule has 1 aliphatic heterocycles. The Kier molecular flexibility index (Phi) is 8.64. The van der Waals surface area contributed by atoms with Crippen molar-refractivity contribution in [1.29, 1.82) is 0 Å². The van der Waals surface area contributed by atoms with Crippen LogP contribution in [0.5, 0.6) is 5.75 Å². The molecule has 4 rings (SSSR count). The number of nitrogens with zero attached hydrogens (tertiary/aromatic N) is 2. The number of hydrogen-bond acceptors (Lipinski definition) is 4. The molecule has 1 unspecified atom stereocenters. The number of amides is 2. The van der Waals surface area contributed by atoms with Crippen LogP contribution in [0.1, 0.15) is 47.1 Å². The Morgan fingerprint density at radius 2 is 1.97 bits per heavy atom. The summed E-state index contributed by atoms with van der Waals surface area (Å²) in [6.45, 7) is 5.43. The highest BCUT2D eigenvalue weighted by atomic mass is 35.5. The van der Waals surface area contributed by atoms with E-state index in [1.807, 2.05) is 16.3 Å². The fraction of sp³-hybridized carbons (Fsp3) is 0.357. The molecule has 0 aliphatic carbocycles. The van der Waals surface area contributed by atoms with Gasteiger partial charge in [0.2, 0.25) is 5.91 Å². The molecule has 8 heteroatoms. The average Bonchev–Trinajstić information content (AvgIpc) is 3.34. The van der Waals surface area contributed by atoms with Crippen LogP contribution in [0, 0.1) is 11.7 Å². The Morgan fingerprint density at radius 1 is 1.19 bits per heavy atom. The van der Waals surface area contributed by atoms with Crippen molar-refractivity contribution in [2.24, 2.45) is 5.92 Å². The van der Waals surface area contributed by atoms with E-state index >= 15 is 0 Å². The lowest BCUT2D eigenvalue weighted by Crippen LogP contribution is -2.48. The monoisotopic (exact) mass is 528 g/mol. The first-order valence-corrected chi connectivity index (χ1v) is 13.4. The summed E-state index contributed by atoms with van der Waals surface area (Å²) >= 11 is 7.79. The molecule has 1 aliphatic rings. The van der Waals surface area contributed by atoms with Gasteiger partial charge in [-0.3, -0.25) is 9.59 Å². The minimum atomic E-state index is -0.331. The van der Waals surface area contributed by atoms with E-state index in [9.17, 15) is 14.0 Å². The number of thiophene rings is 1. The Labute approximate surface area is 220 Å². The molecule has 0 fully saturated rings. The van der Waals surface area contributed by atoms with E-state index < -0.39 is 0 Å². The molecule has 0 bridgehead atoms. The number of rotatable bonds is 9. The van der Waals surface area contributed by atoms with Crippen molar-refractivity contribution >= 4 is 34.8 Å². The number of fused-ring (bicyclic) bond motifs is 1. The Balaban J connectivity index is 1.53. The van der Waals surface area contributed by atoms with Crippen LogP contribution >= 0.6 is 22.9 Å². The van der Waals surface area contributed by atoms with E-state index in [-0.39, 0.29) is 36.8 Å². The normalized spacial score (nSPS) is 15.0. The van der Waals surface area contributed by atoms with Gasteiger partial charge in [-0.15, -0.1) is 11.3 Å². The molecule has 1 atom stereocenters. The highest BCUT2D eigenvalue weighted by Gasteiger charge is 2.33. The first-order chi connectivity index (χ1) is 17.3. The SMILES string of the molecule is CC(C)CCN(CC(=O)N1CCc2sccc2C1COc1ccc(F)cc1)C(=O)c1cccc(Cl)c1. The van der Waals surface area contributed by atoms with Gasteiger partial charge in [-0.25, -0.2) is 4.39 Å². The summed E-state index contributed by atoms with van der Waals surface area (Å²) in [4.78, 5) is 31.7. The molecule has 2 aromatic carbocycles. The predicted octanol–water partition coefficient (Wildman–Crippen LogP) is 6.23. The minimum absolute atomic E-state index is 0.0232. The minimum Gasteiger partial charge on any atom is -0.491 e. The van der Waals surface area contributed by atoms with Crippen molar-refractivity contribution in [1.82, 2.24) is 9.80 Å². The molecule has 0 saturated carbocycles. The van der Waals surface area contributed by atoms with E-state index in [1.54, 1.807) is 52.6 Å². The zero-order valence-electron chi connectivity index (χ0n) is 20.5. The highest BCUT2D eigenvalue weighted by molar-refractivity contribution is 7.10. The quantitative estimate of drug-likeness (QED) is 0.330. The summed E-state index contributed by atoms with van der Waals surface area (Å²) in [5.41, 5.74) is 1.53. The standard InChI is InChI=1S/C28H30ClFN2O3S/c1-19(2)10-13-31(28(34)20-4-3-5-21(29)16-20)17-27(33)32-14-11-26-24(12-15-36-26)25(32)18-35-23-8-6-22(30)7-9-23/h3-9,12,15-16,19,25H,10-11,13-14,17-18H2,1-2H3. The third kappa shape index (κ3) is 6.45. The maximum Gasteiger partial charge on any atom is 0.254 e. The van der Waals surface area contributed by atoms with Gasteiger partial charge >= 0.3 is 0 Å². The second kappa shape index (κ2) is 11.9. The summed E-state index contributed by atoms with van der Waals surface area (Å²) < 4.78 is 19.3. The number of halogens is 2. The van der Waals surface area contributed by atoms with E-state index in [2.05, 4.69) is 13.8 Å². The van der Waals surface area contributed by atoms with Gasteiger partial charge in [0.1, 0.15) is 24.7 Å². The van der Waals surface area contributed by atoms with Crippen LogP contribution in [-0.4, -0.2) is 47.9 Å². The fourth-order valence-corrected chi connectivity index (χ4v) is 5.42. The lowest BCUT2D eigenvalue weighted by molar-refractivity contribution is -0.135. The second-order valence-corrected chi connectivity index (χ2v) is 10.8. The molecule has 0 saturated heterocycles. The number of ether oxygens (including phenoxy) is 1. The van der Waals surface area contributed by atoms with E-state index in [0.29, 0.717) is 35.3 Å². The van der Waals surface area contributed by atoms with Crippen molar-refractivity contribution < 1.29 is 18.7 Å². The van der Waals surface area contributed by atoms with E-state index in [4.69, 9.17) is 16.3 Å². The molecule has 3 aromatic rings. The van der Waals surface area contributed by atoms with Gasteiger partial charge in [0.05, 0.1) is 6.04 Å². The van der Waals surface area contributed by atoms with E-state index in [0.717, 1.165) is 18.4 Å². The molecule has 0 N–H and O–H groups in total. The second-order valence-electron chi connectivity index (χ2n) is 9.34. The van der Waals surface area contributed by atoms with Gasteiger partial charge in [-0.2, -0.15) is 0 Å². The largest absolute Gasteiger partial charge is 0.491 e. The van der Waals surface area contributed by atoms with Gasteiger partial charge in [0, 0.05) is 28.6 Å². The maximum absolute atomic E-state index is 13.7. The number of hydrogen-bond donors (Lipinski definition) is 0. The van der Waals surface area contributed by atoms with Crippen LogP contribution in [0.4, 0.5) is 4.39 Å². The van der Waals surface area contributed by atoms with Gasteiger partial charge in [-0.05, 0) is 78.2 Å². The summed E-state index contributed by atoms with van der Waals surface area (Å²) in [7, 11) is 0. The van der Waals surface area contributed by atoms with Crippen LogP contribution in [0.25, 0.3) is 0 Å². The molecular formula is C28H30ClFN2O3S. The summed E-state index contributed by atoms with van der Waals surface area (Å²) in [5.74, 6) is 0.260. The summed E-state index contributed by atoms with van der Waals surface area (Å²) in [5, 5.41) is 2.51. The molecule has 1 aromatic heterocycles. The van der Waals surface area contributed by atoms with Crippen LogP contribution in [-0.2, 0) is 11.2 Å². The van der Waals surface area contributed by atoms with Gasteiger partial charge in [-0.1, -0.05) is 31.5 Å². The number of carbonyl (C=O) groups is 2. The molecule has 0 spiro atoms. The third-order valence-corrected chi connectivity index (χ3v) is 7.53. The third-order valence-electron chi connectivity index (χ3n) is 6.30. The maximum atomic E-state index is 13.7. The Hall–Kier alpha value is -2.90. The molecule has 0 radical (unpaired) electrons. The van der Waals surface area contributed by atoms with Crippen LogP contribution in [0.15, 0.2) is 60.0 Å². The number of benzene rings is 2. The van der Waals surface area contributed by atoms with Crippen molar-refractivity contribution in [2.75, 3.05) is 26.2 Å². The van der Waals surface area contributed by atoms with Gasteiger partial charge < -0.3 is 14.5 Å². The smallest absolute Gasteiger partial charge is 0.254 e. The zero-order valence-corrected chi connectivity index (χ0v) is 22.0. The molecule has 36 heavy (non-hydrogen) atoms. The Bertz CT molecular complexity index is 1200. The lowest BCUT2D eigenvalue weighted by atomic mass is 10.00. The summed E-state index contributed by atoms with van der Waals surface area (Å²) in [6, 6.07) is 14.4. The highest BCUT2D eigenvalue weighted by Crippen LogP contribution is 2.34. The van der Waals surface area contributed by atoms with Crippen LogP contribution in [0.2, 0.25) is 5.02 Å². The molecule has 190 valence electrons. The fourth-order valence-electron chi connectivity index (χ4n) is 4.31. The lowest BCUT2D eigenvalue weighted by Gasteiger charge is -2.37. The van der Waals surface area contributed by atoms with Crippen molar-refractivity contribution in [3.8, 4) is 5.75 Å². The predicted molar refractivity (Wildman–Crippen MR) is 141 cm³/mol. The van der Waals surface area contributed by atoms with E-state index in [1.165, 1.54) is 17.0 Å². The Morgan fingerprint density at radius 3 is 2.69 bits per heavy atom. The van der Waals surface area contributed by atoms with Crippen molar-refractivity contribution in [3.63, 3.8) is 0 Å². The van der Waals surface area contributed by atoms with Crippen LogP contribution in [0.3, 0.4) is 0 Å². The zero-order chi connectivity index (χ0) is 25.7. The average molecular weight is 529 g/mol. The first kappa shape index (κ1) is 26.2. The van der Waals surface area contributed by atoms with Crippen molar-refractivity contribution in [2.45, 2.75) is 32.7 Å². The van der Waals surface area contributed by atoms with Crippen molar-refractivity contribution in [3.05, 3.63) is 86.8 Å². The molecule has 5 nitrogen and oxygen atoms in total.